The van der Waals surface area contributed by atoms with E-state index in [0.717, 1.165) is 0 Å². The van der Waals surface area contributed by atoms with Crippen molar-refractivity contribution in [1.29, 1.82) is 0 Å². The average molecular weight is 327 g/mol. The lowest BCUT2D eigenvalue weighted by Crippen LogP contribution is -2.60. The maximum absolute atomic E-state index is 12.0. The van der Waals surface area contributed by atoms with Crippen molar-refractivity contribution in [2.24, 2.45) is 0 Å². The maximum Gasteiger partial charge on any atom is 0.294 e. The van der Waals surface area contributed by atoms with Gasteiger partial charge in [0, 0.05) is 0 Å². The van der Waals surface area contributed by atoms with E-state index in [0.29, 0.717) is 11.4 Å². The number of aliphatic hydroxyl groups excluding tert-OH is 4. The van der Waals surface area contributed by atoms with Crippen LogP contribution >= 0.6 is 0 Å². The van der Waals surface area contributed by atoms with Gasteiger partial charge in [0.05, 0.1) is 12.3 Å². The van der Waals surface area contributed by atoms with Crippen LogP contribution in [0.1, 0.15) is 0 Å². The molecule has 0 saturated carbocycles. The number of ether oxygens (including phenoxy) is 3. The molecule has 1 aromatic rings. The van der Waals surface area contributed by atoms with Crippen molar-refractivity contribution >= 4 is 11.6 Å². The summed E-state index contributed by atoms with van der Waals surface area (Å²) >= 11 is 0. The molecule has 9 nitrogen and oxygen atoms in total. The highest BCUT2D eigenvalue weighted by Crippen LogP contribution is 2.31. The van der Waals surface area contributed by atoms with Crippen molar-refractivity contribution < 1.29 is 39.4 Å². The molecule has 5 N–H and O–H groups in total. The Morgan fingerprint density at radius 3 is 2.61 bits per heavy atom. The van der Waals surface area contributed by atoms with Gasteiger partial charge in [-0.1, -0.05) is 12.1 Å². The summed E-state index contributed by atoms with van der Waals surface area (Å²) in [6.07, 6.45) is -8.70. The highest BCUT2D eigenvalue weighted by Gasteiger charge is 2.46. The number of carbonyl (C=O) groups is 1. The number of carbonyl (C=O) groups excluding carboxylic acids is 1. The molecule has 1 fully saturated rings. The summed E-state index contributed by atoms with van der Waals surface area (Å²) in [5.41, 5.74) is 0.478. The molecule has 3 rings (SSSR count). The number of amides is 1. The van der Waals surface area contributed by atoms with Gasteiger partial charge >= 0.3 is 0 Å². The summed E-state index contributed by atoms with van der Waals surface area (Å²) in [6, 6.07) is 6.71. The first-order valence-electron chi connectivity index (χ1n) is 7.04. The van der Waals surface area contributed by atoms with Crippen LogP contribution in [0.5, 0.6) is 5.75 Å². The standard InChI is InChI=1S/C14H17NO8/c16-5-8-9(17)10(18)11(19)13(22-8)23-14-12(20)15-6-3-1-2-4-7(6)21-14/h1-4,8-11,13-14,16-19H,5H2,(H,15,20)/t8-,9-,10+,11-,13+,14+/m1/s1. The Morgan fingerprint density at radius 1 is 1.13 bits per heavy atom. The molecule has 126 valence electrons. The molecule has 0 radical (unpaired) electrons. The van der Waals surface area contributed by atoms with Crippen molar-refractivity contribution in [3.05, 3.63) is 24.3 Å². The van der Waals surface area contributed by atoms with Gasteiger partial charge in [-0.3, -0.25) is 4.79 Å². The summed E-state index contributed by atoms with van der Waals surface area (Å²) in [5, 5.41) is 41.0. The van der Waals surface area contributed by atoms with Gasteiger partial charge in [0.15, 0.2) is 6.29 Å². The highest BCUT2D eigenvalue weighted by atomic mass is 16.8. The van der Waals surface area contributed by atoms with E-state index in [2.05, 4.69) is 5.32 Å². The highest BCUT2D eigenvalue weighted by molar-refractivity contribution is 5.96. The number of aliphatic hydroxyl groups is 4. The van der Waals surface area contributed by atoms with Crippen LogP contribution in [0.15, 0.2) is 24.3 Å². The molecule has 0 unspecified atom stereocenters. The van der Waals surface area contributed by atoms with Crippen LogP contribution in [0.4, 0.5) is 5.69 Å². The normalized spacial score (nSPS) is 36.8. The lowest BCUT2D eigenvalue weighted by molar-refractivity contribution is -0.322. The summed E-state index contributed by atoms with van der Waals surface area (Å²) in [6.45, 7) is -0.592. The number of hydrogen-bond acceptors (Lipinski definition) is 8. The minimum Gasteiger partial charge on any atom is -0.453 e. The van der Waals surface area contributed by atoms with Gasteiger partial charge in [-0.25, -0.2) is 0 Å². The molecule has 2 heterocycles. The SMILES string of the molecule is O=C1Nc2ccccc2O[C@H]1O[C@@H]1O[C@H](CO)[C@@H](O)[C@H](O)[C@H]1O. The largest absolute Gasteiger partial charge is 0.453 e. The van der Waals surface area contributed by atoms with E-state index >= 15 is 0 Å². The average Bonchev–Trinajstić information content (AvgIpc) is 2.56. The maximum atomic E-state index is 12.0. The molecule has 1 amide bonds. The number of nitrogens with one attached hydrogen (secondary N) is 1. The van der Waals surface area contributed by atoms with E-state index in [-0.39, 0.29) is 0 Å². The second-order valence-corrected chi connectivity index (χ2v) is 5.27. The summed E-state index contributed by atoms with van der Waals surface area (Å²) in [7, 11) is 0. The topological polar surface area (TPSA) is 138 Å². The Morgan fingerprint density at radius 2 is 1.87 bits per heavy atom. The third-order valence-electron chi connectivity index (χ3n) is 3.70. The predicted molar refractivity (Wildman–Crippen MR) is 74.3 cm³/mol. The number of fused-ring (bicyclic) bond motifs is 1. The van der Waals surface area contributed by atoms with Crippen LogP contribution in [0.2, 0.25) is 0 Å². The molecular formula is C14H17NO8. The quantitative estimate of drug-likeness (QED) is 0.437. The molecule has 1 aromatic carbocycles. The molecule has 0 spiro atoms. The van der Waals surface area contributed by atoms with Gasteiger partial charge in [-0.05, 0) is 12.1 Å². The number of para-hydroxylation sites is 2. The monoisotopic (exact) mass is 327 g/mol. The van der Waals surface area contributed by atoms with Crippen molar-refractivity contribution in [1.82, 2.24) is 0 Å². The second kappa shape index (κ2) is 6.40. The zero-order chi connectivity index (χ0) is 16.6. The van der Waals surface area contributed by atoms with Crippen LogP contribution in [-0.2, 0) is 14.3 Å². The first-order valence-corrected chi connectivity index (χ1v) is 7.04. The fourth-order valence-electron chi connectivity index (χ4n) is 2.42. The zero-order valence-electron chi connectivity index (χ0n) is 11.9. The van der Waals surface area contributed by atoms with Crippen LogP contribution in [-0.4, -0.2) is 69.9 Å². The van der Waals surface area contributed by atoms with Crippen molar-refractivity contribution in [3.8, 4) is 5.75 Å². The van der Waals surface area contributed by atoms with E-state index < -0.39 is 49.5 Å². The Bertz CT molecular complexity index is 580. The smallest absolute Gasteiger partial charge is 0.294 e. The fourth-order valence-corrected chi connectivity index (χ4v) is 2.42. The van der Waals surface area contributed by atoms with Crippen molar-refractivity contribution in [2.75, 3.05) is 11.9 Å². The van der Waals surface area contributed by atoms with E-state index in [1.165, 1.54) is 0 Å². The summed E-state index contributed by atoms with van der Waals surface area (Å²) in [4.78, 5) is 12.0. The van der Waals surface area contributed by atoms with E-state index in [9.17, 15) is 20.1 Å². The van der Waals surface area contributed by atoms with Gasteiger partial charge in [0.2, 0.25) is 0 Å². The van der Waals surface area contributed by atoms with Gasteiger partial charge < -0.3 is 40.0 Å². The molecule has 0 aliphatic carbocycles. The minimum absolute atomic E-state index is 0.377. The van der Waals surface area contributed by atoms with Gasteiger partial charge in [0.1, 0.15) is 30.2 Å². The Hall–Kier alpha value is -1.75. The van der Waals surface area contributed by atoms with Crippen molar-refractivity contribution in [3.63, 3.8) is 0 Å². The molecule has 0 bridgehead atoms. The molecular weight excluding hydrogens is 310 g/mol. The lowest BCUT2D eigenvalue weighted by Gasteiger charge is -2.40. The Labute approximate surface area is 131 Å². The third-order valence-corrected chi connectivity index (χ3v) is 3.70. The van der Waals surface area contributed by atoms with E-state index in [4.69, 9.17) is 19.3 Å². The van der Waals surface area contributed by atoms with Gasteiger partial charge in [-0.2, -0.15) is 0 Å². The number of rotatable bonds is 3. The molecule has 9 heteroatoms. The van der Waals surface area contributed by atoms with E-state index in [1.54, 1.807) is 24.3 Å². The van der Waals surface area contributed by atoms with Crippen LogP contribution in [0, 0.1) is 0 Å². The molecule has 23 heavy (non-hydrogen) atoms. The van der Waals surface area contributed by atoms with Crippen LogP contribution < -0.4 is 10.1 Å². The molecule has 2 aliphatic heterocycles. The summed E-state index contributed by atoms with van der Waals surface area (Å²) < 4.78 is 15.8. The number of hydrogen-bond donors (Lipinski definition) is 5. The van der Waals surface area contributed by atoms with E-state index in [1.807, 2.05) is 0 Å². The number of anilines is 1. The molecule has 6 atom stereocenters. The lowest BCUT2D eigenvalue weighted by atomic mass is 9.99. The van der Waals surface area contributed by atoms with Crippen LogP contribution in [0.25, 0.3) is 0 Å². The zero-order valence-corrected chi connectivity index (χ0v) is 11.9. The number of benzene rings is 1. The fraction of sp³-hybridized carbons (Fsp3) is 0.500. The molecule has 1 saturated heterocycles. The second-order valence-electron chi connectivity index (χ2n) is 5.27. The summed E-state index contributed by atoms with van der Waals surface area (Å²) in [5.74, 6) is -0.234. The first-order chi connectivity index (χ1) is 11.0. The predicted octanol–water partition coefficient (Wildman–Crippen LogP) is -1.84. The Balaban J connectivity index is 1.72. The molecule has 2 aliphatic rings. The van der Waals surface area contributed by atoms with Crippen molar-refractivity contribution in [2.45, 2.75) is 37.0 Å². The minimum atomic E-state index is -1.61. The van der Waals surface area contributed by atoms with Gasteiger partial charge in [-0.15, -0.1) is 0 Å². The van der Waals surface area contributed by atoms with Crippen LogP contribution in [0.3, 0.4) is 0 Å². The third kappa shape index (κ3) is 3.02. The Kier molecular flexibility index (Phi) is 4.48. The molecule has 0 aromatic heterocycles. The first kappa shape index (κ1) is 16.1. The van der Waals surface area contributed by atoms with Gasteiger partial charge in [0.25, 0.3) is 12.2 Å².